The number of Topliss-reactive ketones (excluding diaryl/α,β-unsaturated/α-hetero) is 1. The monoisotopic (exact) mass is 539 g/mol. The van der Waals surface area contributed by atoms with Gasteiger partial charge in [-0.3, -0.25) is 9.59 Å². The van der Waals surface area contributed by atoms with Gasteiger partial charge in [-0.1, -0.05) is 34.5 Å². The molecule has 2 aromatic rings. The van der Waals surface area contributed by atoms with Gasteiger partial charge in [0.1, 0.15) is 23.5 Å². The zero-order chi connectivity index (χ0) is 25.1. The Morgan fingerprint density at radius 2 is 1.71 bits per heavy atom. The van der Waals surface area contributed by atoms with Gasteiger partial charge in [-0.25, -0.2) is 8.78 Å². The van der Waals surface area contributed by atoms with Crippen LogP contribution in [0.3, 0.4) is 0 Å². The number of carbonyl (C=O) groups excluding carboxylic acids is 2. The Balaban J connectivity index is 1.58. The number of hydrogen-bond donors (Lipinski definition) is 4. The molecular formula is C25H32BrF2N3O3. The summed E-state index contributed by atoms with van der Waals surface area (Å²) in [6.45, 7) is 0.369. The first-order valence-corrected chi connectivity index (χ1v) is 12.1. The highest BCUT2D eigenvalue weighted by molar-refractivity contribution is 9.10. The third kappa shape index (κ3) is 9.97. The molecule has 0 aliphatic heterocycles. The lowest BCUT2D eigenvalue weighted by Gasteiger charge is -2.18. The lowest BCUT2D eigenvalue weighted by Crippen LogP contribution is -2.47. The average molecular weight is 540 g/mol. The largest absolute Gasteiger partial charge is 0.382 e. The highest BCUT2D eigenvalue weighted by atomic mass is 79.9. The minimum atomic E-state index is -1.31. The van der Waals surface area contributed by atoms with Crippen LogP contribution in [0.4, 0.5) is 8.78 Å². The lowest BCUT2D eigenvalue weighted by molar-refractivity contribution is -0.130. The molecule has 1 unspecified atom stereocenters. The summed E-state index contributed by atoms with van der Waals surface area (Å²) in [6.07, 6.45) is 1.56. The molecule has 34 heavy (non-hydrogen) atoms. The van der Waals surface area contributed by atoms with Gasteiger partial charge in [-0.2, -0.15) is 0 Å². The number of nitrogens with two attached hydrogens (primary N) is 2. The van der Waals surface area contributed by atoms with Crippen molar-refractivity contribution in [2.24, 2.45) is 11.5 Å². The fraction of sp³-hybridized carbons (Fsp3) is 0.440. The number of nitrogens with one attached hydrogen (secondary N) is 1. The number of rotatable bonds is 14. The molecule has 0 bridgehead atoms. The molecule has 6 N–H and O–H groups in total. The molecule has 0 spiro atoms. The molecule has 0 heterocycles. The van der Waals surface area contributed by atoms with E-state index >= 15 is 0 Å². The Hall–Kier alpha value is -2.20. The second kappa shape index (κ2) is 14.3. The lowest BCUT2D eigenvalue weighted by atomic mass is 9.99. The minimum absolute atomic E-state index is 0.0392. The molecule has 6 nitrogen and oxygen atoms in total. The molecule has 9 heteroatoms. The maximum atomic E-state index is 13.7. The molecule has 0 radical (unpaired) electrons. The molecule has 0 aliphatic carbocycles. The fourth-order valence-electron chi connectivity index (χ4n) is 3.59. The molecule has 0 saturated heterocycles. The van der Waals surface area contributed by atoms with E-state index in [1.807, 2.05) is 24.3 Å². The van der Waals surface area contributed by atoms with Crippen LogP contribution in [0, 0.1) is 11.6 Å². The van der Waals surface area contributed by atoms with Gasteiger partial charge < -0.3 is 21.9 Å². The zero-order valence-corrected chi connectivity index (χ0v) is 20.6. The van der Waals surface area contributed by atoms with E-state index in [1.54, 1.807) is 0 Å². The SMILES string of the molecule is NC(CC(=O)CCCCCNC(=O)[C@@H](O)[C@H](N)Cc1ccc(Br)cc1)Cc1cc(F)ccc1F. The second-order valence-corrected chi connectivity index (χ2v) is 9.40. The third-order valence-corrected chi connectivity index (χ3v) is 6.00. The van der Waals surface area contributed by atoms with Crippen LogP contribution >= 0.6 is 15.9 Å². The number of unbranched alkanes of at least 4 members (excludes halogenated alkanes) is 2. The maximum absolute atomic E-state index is 13.7. The number of carbonyl (C=O) groups is 2. The van der Waals surface area contributed by atoms with Crippen LogP contribution in [0.1, 0.15) is 43.2 Å². The van der Waals surface area contributed by atoms with E-state index in [-0.39, 0.29) is 24.2 Å². The van der Waals surface area contributed by atoms with E-state index in [2.05, 4.69) is 21.2 Å². The quantitative estimate of drug-likeness (QED) is 0.275. The molecule has 2 aromatic carbocycles. The molecule has 0 fully saturated rings. The number of amides is 1. The normalized spacial score (nSPS) is 13.8. The highest BCUT2D eigenvalue weighted by Gasteiger charge is 2.22. The minimum Gasteiger partial charge on any atom is -0.382 e. The van der Waals surface area contributed by atoms with E-state index in [1.165, 1.54) is 0 Å². The van der Waals surface area contributed by atoms with Crippen molar-refractivity contribution in [3.05, 3.63) is 69.7 Å². The van der Waals surface area contributed by atoms with E-state index in [0.29, 0.717) is 38.6 Å². The molecule has 2 rings (SSSR count). The Labute approximate surface area is 207 Å². The highest BCUT2D eigenvalue weighted by Crippen LogP contribution is 2.14. The Morgan fingerprint density at radius 3 is 2.41 bits per heavy atom. The molecule has 0 aliphatic rings. The van der Waals surface area contributed by atoms with Crippen LogP contribution < -0.4 is 16.8 Å². The van der Waals surface area contributed by atoms with Crippen LogP contribution in [0.5, 0.6) is 0 Å². The van der Waals surface area contributed by atoms with Crippen LogP contribution in [-0.2, 0) is 22.4 Å². The van der Waals surface area contributed by atoms with Crippen molar-refractivity contribution in [2.75, 3.05) is 6.54 Å². The van der Waals surface area contributed by atoms with Crippen LogP contribution in [-0.4, -0.2) is 41.5 Å². The standard InChI is InChI=1S/C25H32BrF2N3O3/c26-18-7-5-16(6-8-18)12-23(30)24(33)25(34)31-11-3-1-2-4-21(32)15-20(29)14-17-13-19(27)9-10-22(17)28/h5-10,13,20,23-24,33H,1-4,11-12,14-15,29-30H2,(H,31,34)/t20?,23-,24+/m1/s1. The van der Waals surface area contributed by atoms with Crippen molar-refractivity contribution in [3.63, 3.8) is 0 Å². The molecular weight excluding hydrogens is 508 g/mol. The predicted molar refractivity (Wildman–Crippen MR) is 131 cm³/mol. The Kier molecular flexibility index (Phi) is 11.8. The molecule has 3 atom stereocenters. The first-order chi connectivity index (χ1) is 16.2. The van der Waals surface area contributed by atoms with Crippen molar-refractivity contribution >= 4 is 27.6 Å². The molecule has 186 valence electrons. The van der Waals surface area contributed by atoms with Crippen molar-refractivity contribution in [1.82, 2.24) is 5.32 Å². The second-order valence-electron chi connectivity index (χ2n) is 8.48. The van der Waals surface area contributed by atoms with Crippen LogP contribution in [0.25, 0.3) is 0 Å². The van der Waals surface area contributed by atoms with Crippen molar-refractivity contribution in [3.8, 4) is 0 Å². The van der Waals surface area contributed by atoms with Gasteiger partial charge in [0.05, 0.1) is 0 Å². The number of hydrogen-bond acceptors (Lipinski definition) is 5. The molecule has 1 amide bonds. The summed E-state index contributed by atoms with van der Waals surface area (Å²) in [5.41, 5.74) is 13.0. The first-order valence-electron chi connectivity index (χ1n) is 11.3. The number of halogens is 3. The number of aliphatic hydroxyl groups is 1. The summed E-state index contributed by atoms with van der Waals surface area (Å²) in [6, 6.07) is 9.39. The van der Waals surface area contributed by atoms with Gasteiger partial charge in [0.25, 0.3) is 0 Å². The van der Waals surface area contributed by atoms with E-state index in [0.717, 1.165) is 28.2 Å². The molecule has 0 saturated carbocycles. The number of benzene rings is 2. The summed E-state index contributed by atoms with van der Waals surface area (Å²) in [7, 11) is 0. The van der Waals surface area contributed by atoms with Crippen molar-refractivity contribution in [1.29, 1.82) is 0 Å². The van der Waals surface area contributed by atoms with Gasteiger partial charge in [0, 0.05) is 35.9 Å². The average Bonchev–Trinajstić information content (AvgIpc) is 2.79. The van der Waals surface area contributed by atoms with Crippen molar-refractivity contribution in [2.45, 2.75) is 63.1 Å². The summed E-state index contributed by atoms with van der Waals surface area (Å²) >= 11 is 3.35. The van der Waals surface area contributed by atoms with Gasteiger partial charge in [-0.15, -0.1) is 0 Å². The smallest absolute Gasteiger partial charge is 0.250 e. The third-order valence-electron chi connectivity index (χ3n) is 5.47. The Morgan fingerprint density at radius 1 is 1.00 bits per heavy atom. The van der Waals surface area contributed by atoms with E-state index in [4.69, 9.17) is 11.5 Å². The summed E-state index contributed by atoms with van der Waals surface area (Å²) in [5, 5.41) is 12.8. The Bertz CT molecular complexity index is 944. The maximum Gasteiger partial charge on any atom is 0.250 e. The van der Waals surface area contributed by atoms with Gasteiger partial charge in [0.15, 0.2) is 0 Å². The topological polar surface area (TPSA) is 118 Å². The molecule has 0 aromatic heterocycles. The van der Waals surface area contributed by atoms with Gasteiger partial charge in [0.2, 0.25) is 5.91 Å². The van der Waals surface area contributed by atoms with Crippen LogP contribution in [0.15, 0.2) is 46.9 Å². The van der Waals surface area contributed by atoms with Crippen LogP contribution in [0.2, 0.25) is 0 Å². The fourth-order valence-corrected chi connectivity index (χ4v) is 3.85. The predicted octanol–water partition coefficient (Wildman–Crippen LogP) is 3.16. The summed E-state index contributed by atoms with van der Waals surface area (Å²) in [4.78, 5) is 24.2. The van der Waals surface area contributed by atoms with E-state index < -0.39 is 35.7 Å². The van der Waals surface area contributed by atoms with Gasteiger partial charge >= 0.3 is 0 Å². The summed E-state index contributed by atoms with van der Waals surface area (Å²) < 4.78 is 27.9. The first kappa shape index (κ1) is 28.0. The zero-order valence-electron chi connectivity index (χ0n) is 19.0. The van der Waals surface area contributed by atoms with E-state index in [9.17, 15) is 23.5 Å². The van der Waals surface area contributed by atoms with Gasteiger partial charge in [-0.05, 0) is 67.1 Å². The number of ketones is 1. The van der Waals surface area contributed by atoms with Crippen molar-refractivity contribution < 1.29 is 23.5 Å². The summed E-state index contributed by atoms with van der Waals surface area (Å²) in [5.74, 6) is -1.63. The number of aliphatic hydroxyl groups excluding tert-OH is 1.